The average Bonchev–Trinajstić information content (AvgIpc) is 3.48. The zero-order valence-electron chi connectivity index (χ0n) is 19.0. The van der Waals surface area contributed by atoms with E-state index in [4.69, 9.17) is 4.74 Å². The maximum atomic E-state index is 12.8. The van der Waals surface area contributed by atoms with E-state index < -0.39 is 0 Å². The molecule has 0 radical (unpaired) electrons. The average molecular weight is 441 g/mol. The van der Waals surface area contributed by atoms with E-state index in [1.807, 2.05) is 46.9 Å². The summed E-state index contributed by atoms with van der Waals surface area (Å²) in [6.45, 7) is 3.49. The number of methoxy groups -OCH3 is 1. The fourth-order valence-electron chi connectivity index (χ4n) is 4.56. The fraction of sp³-hybridized carbons (Fsp3) is 0.259. The number of carbonyl (C=O) groups is 1. The Balaban J connectivity index is 1.22. The normalized spacial score (nSPS) is 14.9. The third-order valence-electron chi connectivity index (χ3n) is 6.41. The maximum Gasteiger partial charge on any atom is 0.246 e. The lowest BCUT2D eigenvalue weighted by Gasteiger charge is -2.31. The predicted molar refractivity (Wildman–Crippen MR) is 131 cm³/mol. The third-order valence-corrected chi connectivity index (χ3v) is 6.41. The van der Waals surface area contributed by atoms with Crippen LogP contribution in [0.4, 0.5) is 0 Å². The molecular weight excluding hydrogens is 412 g/mol. The molecule has 1 aliphatic heterocycles. The summed E-state index contributed by atoms with van der Waals surface area (Å²) in [6, 6.07) is 16.5. The van der Waals surface area contributed by atoms with Gasteiger partial charge in [-0.15, -0.1) is 0 Å². The minimum absolute atomic E-state index is 0.0541. The minimum Gasteiger partial charge on any atom is -0.495 e. The highest BCUT2D eigenvalue weighted by Gasteiger charge is 2.23. The van der Waals surface area contributed by atoms with Gasteiger partial charge in [0, 0.05) is 42.5 Å². The van der Waals surface area contributed by atoms with E-state index in [1.54, 1.807) is 19.5 Å². The van der Waals surface area contributed by atoms with Gasteiger partial charge in [-0.3, -0.25) is 4.79 Å². The van der Waals surface area contributed by atoms with Crippen LogP contribution in [0.1, 0.15) is 35.7 Å². The van der Waals surface area contributed by atoms with Crippen molar-refractivity contribution in [1.29, 1.82) is 0 Å². The Morgan fingerprint density at radius 3 is 2.70 bits per heavy atom. The lowest BCUT2D eigenvalue weighted by atomic mass is 9.93. The summed E-state index contributed by atoms with van der Waals surface area (Å²) in [5.74, 6) is 1.26. The Bertz CT molecular complexity index is 1280. The molecule has 0 saturated carbocycles. The number of aryl methyl sites for hydroxylation is 1. The van der Waals surface area contributed by atoms with Crippen molar-refractivity contribution in [3.05, 3.63) is 84.1 Å². The third kappa shape index (κ3) is 4.42. The summed E-state index contributed by atoms with van der Waals surface area (Å²) in [5.41, 5.74) is 5.24. The van der Waals surface area contributed by atoms with Gasteiger partial charge in [-0.25, -0.2) is 4.98 Å². The van der Waals surface area contributed by atoms with Crippen LogP contribution in [0.2, 0.25) is 0 Å². The lowest BCUT2D eigenvalue weighted by molar-refractivity contribution is -0.126. The number of piperidine rings is 1. The first kappa shape index (κ1) is 21.1. The van der Waals surface area contributed by atoms with Crippen molar-refractivity contribution in [3.8, 4) is 11.4 Å². The van der Waals surface area contributed by atoms with Gasteiger partial charge in [-0.2, -0.15) is 0 Å². The van der Waals surface area contributed by atoms with E-state index in [0.29, 0.717) is 5.92 Å². The summed E-state index contributed by atoms with van der Waals surface area (Å²) in [5, 5.41) is 1.25. The number of imidazole rings is 1. The van der Waals surface area contributed by atoms with Gasteiger partial charge in [0.15, 0.2) is 0 Å². The number of aromatic amines is 1. The Hall–Kier alpha value is -3.80. The molecule has 33 heavy (non-hydrogen) atoms. The van der Waals surface area contributed by atoms with Crippen LogP contribution in [-0.2, 0) is 4.79 Å². The van der Waals surface area contributed by atoms with Gasteiger partial charge in [0.05, 0.1) is 24.8 Å². The number of nitrogens with zero attached hydrogens (tertiary/aromatic N) is 3. The Morgan fingerprint density at radius 1 is 1.15 bits per heavy atom. The number of aromatic nitrogens is 3. The van der Waals surface area contributed by atoms with Gasteiger partial charge in [0.2, 0.25) is 5.91 Å². The number of ether oxygens (including phenoxy) is 1. The topological polar surface area (TPSA) is 63.1 Å². The number of nitrogens with one attached hydrogen (secondary N) is 1. The molecule has 2 aromatic carbocycles. The van der Waals surface area contributed by atoms with Crippen LogP contribution >= 0.6 is 0 Å². The molecule has 0 spiro atoms. The van der Waals surface area contributed by atoms with Gasteiger partial charge < -0.3 is 19.2 Å². The number of amides is 1. The number of rotatable bonds is 5. The van der Waals surface area contributed by atoms with Gasteiger partial charge in [0.1, 0.15) is 5.75 Å². The smallest absolute Gasteiger partial charge is 0.246 e. The molecule has 6 nitrogen and oxygen atoms in total. The predicted octanol–water partition coefficient (Wildman–Crippen LogP) is 5.09. The zero-order chi connectivity index (χ0) is 22.8. The molecule has 0 bridgehead atoms. The molecule has 4 aromatic rings. The molecule has 1 amide bonds. The number of para-hydroxylation sites is 1. The van der Waals surface area contributed by atoms with Gasteiger partial charge >= 0.3 is 0 Å². The number of H-pyrrole nitrogens is 1. The van der Waals surface area contributed by atoms with Gasteiger partial charge in [0.25, 0.3) is 0 Å². The highest BCUT2D eigenvalue weighted by molar-refractivity contribution is 5.92. The molecular formula is C27H28N4O2. The first-order valence-electron chi connectivity index (χ1n) is 11.3. The van der Waals surface area contributed by atoms with Crippen LogP contribution in [0.25, 0.3) is 22.7 Å². The van der Waals surface area contributed by atoms with Crippen molar-refractivity contribution < 1.29 is 9.53 Å². The van der Waals surface area contributed by atoms with Crippen molar-refractivity contribution >= 4 is 22.9 Å². The summed E-state index contributed by atoms with van der Waals surface area (Å²) in [6.07, 6.45) is 9.19. The molecule has 1 aliphatic rings. The zero-order valence-corrected chi connectivity index (χ0v) is 19.0. The molecule has 1 saturated heterocycles. The number of benzene rings is 2. The SMILES string of the molecule is COc1cc(C=CC(=O)N2CCC(c3cc4ccccc4[nH]3)CC2)ccc1-n1cnc(C)c1. The summed E-state index contributed by atoms with van der Waals surface area (Å²) < 4.78 is 7.50. The van der Waals surface area contributed by atoms with Gasteiger partial charge in [-0.05, 0) is 61.1 Å². The largest absolute Gasteiger partial charge is 0.495 e. The maximum absolute atomic E-state index is 12.8. The van der Waals surface area contributed by atoms with Crippen molar-refractivity contribution in [2.75, 3.05) is 20.2 Å². The van der Waals surface area contributed by atoms with E-state index in [9.17, 15) is 4.79 Å². The number of fused-ring (bicyclic) bond motifs is 1. The van der Waals surface area contributed by atoms with Crippen LogP contribution in [0.5, 0.6) is 5.75 Å². The van der Waals surface area contributed by atoms with Crippen LogP contribution in [0.15, 0.2) is 67.1 Å². The molecule has 2 aromatic heterocycles. The number of hydrogen-bond acceptors (Lipinski definition) is 3. The summed E-state index contributed by atoms with van der Waals surface area (Å²) >= 11 is 0. The lowest BCUT2D eigenvalue weighted by Crippen LogP contribution is -2.36. The van der Waals surface area contributed by atoms with E-state index in [-0.39, 0.29) is 5.91 Å². The van der Waals surface area contributed by atoms with Gasteiger partial charge in [-0.1, -0.05) is 24.3 Å². The van der Waals surface area contributed by atoms with Crippen LogP contribution in [-0.4, -0.2) is 45.5 Å². The Labute approximate surface area is 193 Å². The standard InChI is InChI=1S/C27H28N4O2/c1-19-17-31(18-28-19)25-9-7-20(15-26(25)33-2)8-10-27(32)30-13-11-21(12-14-30)24-16-22-5-3-4-6-23(22)29-24/h3-10,15-18,21,29H,11-14H2,1-2H3. The molecule has 3 heterocycles. The second-order valence-electron chi connectivity index (χ2n) is 8.60. The van der Waals surface area contributed by atoms with Crippen molar-refractivity contribution in [2.24, 2.45) is 0 Å². The van der Waals surface area contributed by atoms with E-state index in [0.717, 1.165) is 48.6 Å². The second kappa shape index (κ2) is 8.98. The monoisotopic (exact) mass is 440 g/mol. The summed E-state index contributed by atoms with van der Waals surface area (Å²) in [4.78, 5) is 22.6. The first-order valence-corrected chi connectivity index (χ1v) is 11.3. The van der Waals surface area contributed by atoms with Crippen molar-refractivity contribution in [2.45, 2.75) is 25.7 Å². The van der Waals surface area contributed by atoms with Crippen LogP contribution in [0, 0.1) is 6.92 Å². The van der Waals surface area contributed by atoms with E-state index in [1.165, 1.54) is 16.6 Å². The quantitative estimate of drug-likeness (QED) is 0.440. The second-order valence-corrected chi connectivity index (χ2v) is 8.60. The number of hydrogen-bond donors (Lipinski definition) is 1. The Kier molecular flexibility index (Phi) is 5.73. The highest BCUT2D eigenvalue weighted by Crippen LogP contribution is 2.30. The van der Waals surface area contributed by atoms with E-state index >= 15 is 0 Å². The molecule has 1 fully saturated rings. The van der Waals surface area contributed by atoms with Crippen molar-refractivity contribution in [3.63, 3.8) is 0 Å². The van der Waals surface area contributed by atoms with Crippen LogP contribution < -0.4 is 4.74 Å². The van der Waals surface area contributed by atoms with Crippen molar-refractivity contribution in [1.82, 2.24) is 19.4 Å². The molecule has 0 unspecified atom stereocenters. The molecule has 6 heteroatoms. The number of likely N-dealkylation sites (tertiary alicyclic amines) is 1. The van der Waals surface area contributed by atoms with Crippen LogP contribution in [0.3, 0.4) is 0 Å². The highest BCUT2D eigenvalue weighted by atomic mass is 16.5. The molecule has 0 aliphatic carbocycles. The molecule has 5 rings (SSSR count). The van der Waals surface area contributed by atoms with E-state index in [2.05, 4.69) is 40.3 Å². The fourth-order valence-corrected chi connectivity index (χ4v) is 4.56. The summed E-state index contributed by atoms with van der Waals surface area (Å²) in [7, 11) is 1.65. The molecule has 0 atom stereocenters. The number of carbonyl (C=O) groups excluding carboxylic acids is 1. The molecule has 168 valence electrons. The molecule has 1 N–H and O–H groups in total. The first-order chi connectivity index (χ1) is 16.1. The minimum atomic E-state index is 0.0541. The Morgan fingerprint density at radius 2 is 1.97 bits per heavy atom.